The molecule has 2 aromatic rings. The molecule has 2 amide bonds. The number of aryl methyl sites for hydroxylation is 1. The van der Waals surface area contributed by atoms with E-state index in [9.17, 15) is 18.4 Å². The van der Waals surface area contributed by atoms with Crippen molar-refractivity contribution in [2.75, 3.05) is 26.2 Å². The SMILES string of the molecule is O=C(c1ccc(F)cc1)N1CCCN(C(=O)C2CCc3ccc(F)cc3O2)CC1. The van der Waals surface area contributed by atoms with Gasteiger partial charge in [-0.1, -0.05) is 6.07 Å². The number of fused-ring (bicyclic) bond motifs is 1. The molecule has 4 rings (SSSR count). The van der Waals surface area contributed by atoms with E-state index in [-0.39, 0.29) is 23.4 Å². The minimum absolute atomic E-state index is 0.129. The van der Waals surface area contributed by atoms with Gasteiger partial charge in [0.25, 0.3) is 11.8 Å². The van der Waals surface area contributed by atoms with Crippen LogP contribution in [0.2, 0.25) is 0 Å². The molecular weight excluding hydrogens is 378 g/mol. The Labute approximate surface area is 167 Å². The van der Waals surface area contributed by atoms with Gasteiger partial charge >= 0.3 is 0 Å². The number of carbonyl (C=O) groups excluding carboxylic acids is 2. The summed E-state index contributed by atoms with van der Waals surface area (Å²) in [6.45, 7) is 1.86. The predicted molar refractivity (Wildman–Crippen MR) is 103 cm³/mol. The smallest absolute Gasteiger partial charge is 0.263 e. The topological polar surface area (TPSA) is 49.9 Å². The molecule has 7 heteroatoms. The van der Waals surface area contributed by atoms with Crippen molar-refractivity contribution in [1.29, 1.82) is 0 Å². The van der Waals surface area contributed by atoms with Crippen molar-refractivity contribution in [3.8, 4) is 5.75 Å². The number of hydrogen-bond acceptors (Lipinski definition) is 3. The molecule has 1 unspecified atom stereocenters. The summed E-state index contributed by atoms with van der Waals surface area (Å²) in [5.74, 6) is -0.643. The standard InChI is InChI=1S/C22H22F2N2O3/c23-17-6-3-16(4-7-17)21(27)25-10-1-11-26(13-12-25)22(28)19-9-5-15-2-8-18(24)14-20(15)29-19/h2-4,6-8,14,19H,1,5,9-13H2. The number of halogens is 2. The first kappa shape index (κ1) is 19.4. The molecule has 1 fully saturated rings. The maximum Gasteiger partial charge on any atom is 0.263 e. The Hall–Kier alpha value is -2.96. The fourth-order valence-corrected chi connectivity index (χ4v) is 3.84. The van der Waals surface area contributed by atoms with Crippen LogP contribution in [-0.2, 0) is 11.2 Å². The highest BCUT2D eigenvalue weighted by Crippen LogP contribution is 2.29. The van der Waals surface area contributed by atoms with Crippen LogP contribution in [0.25, 0.3) is 0 Å². The first-order valence-electron chi connectivity index (χ1n) is 9.80. The van der Waals surface area contributed by atoms with Gasteiger partial charge in [0.1, 0.15) is 17.4 Å². The van der Waals surface area contributed by atoms with Gasteiger partial charge in [0, 0.05) is 37.8 Å². The minimum atomic E-state index is -0.636. The van der Waals surface area contributed by atoms with Crippen LogP contribution in [0.4, 0.5) is 8.78 Å². The summed E-state index contributed by atoms with van der Waals surface area (Å²) in [4.78, 5) is 29.0. The van der Waals surface area contributed by atoms with Crippen LogP contribution in [-0.4, -0.2) is 53.9 Å². The summed E-state index contributed by atoms with van der Waals surface area (Å²) < 4.78 is 32.3. The van der Waals surface area contributed by atoms with Crippen LogP contribution in [0, 0.1) is 11.6 Å². The molecule has 0 spiro atoms. The maximum absolute atomic E-state index is 13.5. The van der Waals surface area contributed by atoms with Gasteiger partial charge in [-0.15, -0.1) is 0 Å². The summed E-state index contributed by atoms with van der Waals surface area (Å²) in [6, 6.07) is 9.88. The second-order valence-electron chi connectivity index (χ2n) is 7.38. The first-order valence-corrected chi connectivity index (χ1v) is 9.80. The van der Waals surface area contributed by atoms with Crippen LogP contribution >= 0.6 is 0 Å². The van der Waals surface area contributed by atoms with Crippen molar-refractivity contribution in [3.63, 3.8) is 0 Å². The van der Waals surface area contributed by atoms with Gasteiger partial charge in [0.15, 0.2) is 6.10 Å². The Morgan fingerprint density at radius 2 is 1.59 bits per heavy atom. The van der Waals surface area contributed by atoms with Gasteiger partial charge in [0.2, 0.25) is 0 Å². The fourth-order valence-electron chi connectivity index (χ4n) is 3.84. The lowest BCUT2D eigenvalue weighted by atomic mass is 10.0. The molecule has 152 valence electrons. The van der Waals surface area contributed by atoms with E-state index >= 15 is 0 Å². The molecule has 0 N–H and O–H groups in total. The number of carbonyl (C=O) groups is 2. The second kappa shape index (κ2) is 8.19. The molecule has 1 saturated heterocycles. The number of hydrogen-bond donors (Lipinski definition) is 0. The lowest BCUT2D eigenvalue weighted by Crippen LogP contribution is -2.45. The Morgan fingerprint density at radius 1 is 0.897 bits per heavy atom. The van der Waals surface area contributed by atoms with Gasteiger partial charge < -0.3 is 14.5 Å². The van der Waals surface area contributed by atoms with Crippen molar-refractivity contribution in [3.05, 3.63) is 65.2 Å². The lowest BCUT2D eigenvalue weighted by molar-refractivity contribution is -0.139. The minimum Gasteiger partial charge on any atom is -0.480 e. The highest BCUT2D eigenvalue weighted by atomic mass is 19.1. The van der Waals surface area contributed by atoms with E-state index in [1.165, 1.54) is 36.4 Å². The highest BCUT2D eigenvalue weighted by molar-refractivity contribution is 5.94. The molecule has 2 aliphatic heterocycles. The Kier molecular flexibility index (Phi) is 5.47. The number of rotatable bonds is 2. The zero-order valence-electron chi connectivity index (χ0n) is 15.9. The molecular formula is C22H22F2N2O3. The number of nitrogens with zero attached hydrogens (tertiary/aromatic N) is 2. The third kappa shape index (κ3) is 4.23. The van der Waals surface area contributed by atoms with Crippen molar-refractivity contribution < 1.29 is 23.1 Å². The van der Waals surface area contributed by atoms with Crippen molar-refractivity contribution in [2.24, 2.45) is 0 Å². The Balaban J connectivity index is 1.39. The molecule has 1 atom stereocenters. The third-order valence-corrected chi connectivity index (χ3v) is 5.44. The predicted octanol–water partition coefficient (Wildman–Crippen LogP) is 3.03. The Bertz CT molecular complexity index is 917. The van der Waals surface area contributed by atoms with E-state index in [1.807, 2.05) is 0 Å². The van der Waals surface area contributed by atoms with E-state index < -0.39 is 6.10 Å². The first-order chi connectivity index (χ1) is 14.0. The molecule has 0 aliphatic carbocycles. The molecule has 2 aliphatic rings. The van der Waals surface area contributed by atoms with E-state index in [2.05, 4.69) is 0 Å². The molecule has 0 radical (unpaired) electrons. The fraction of sp³-hybridized carbons (Fsp3) is 0.364. The summed E-state index contributed by atoms with van der Waals surface area (Å²) in [5, 5.41) is 0. The molecule has 29 heavy (non-hydrogen) atoms. The summed E-state index contributed by atoms with van der Waals surface area (Å²) in [5.41, 5.74) is 1.34. The van der Waals surface area contributed by atoms with E-state index in [0.717, 1.165) is 5.56 Å². The zero-order chi connectivity index (χ0) is 20.4. The summed E-state index contributed by atoms with van der Waals surface area (Å²) >= 11 is 0. The van der Waals surface area contributed by atoms with Gasteiger partial charge in [-0.25, -0.2) is 8.78 Å². The average Bonchev–Trinajstić information content (AvgIpc) is 2.99. The van der Waals surface area contributed by atoms with E-state index in [4.69, 9.17) is 4.74 Å². The van der Waals surface area contributed by atoms with Crippen molar-refractivity contribution >= 4 is 11.8 Å². The van der Waals surface area contributed by atoms with Crippen LogP contribution in [0.1, 0.15) is 28.8 Å². The molecule has 0 aromatic heterocycles. The molecule has 2 heterocycles. The quantitative estimate of drug-likeness (QED) is 0.779. The maximum atomic E-state index is 13.5. The largest absolute Gasteiger partial charge is 0.480 e. The monoisotopic (exact) mass is 400 g/mol. The Morgan fingerprint density at radius 3 is 2.38 bits per heavy atom. The van der Waals surface area contributed by atoms with E-state index in [0.29, 0.717) is 56.8 Å². The number of ether oxygens (including phenoxy) is 1. The normalized spacial score (nSPS) is 19.2. The molecule has 0 bridgehead atoms. The molecule has 5 nitrogen and oxygen atoms in total. The zero-order valence-corrected chi connectivity index (χ0v) is 15.9. The van der Waals surface area contributed by atoms with Gasteiger partial charge in [-0.2, -0.15) is 0 Å². The number of benzene rings is 2. The summed E-state index contributed by atoms with van der Waals surface area (Å²) in [6.07, 6.45) is 1.22. The van der Waals surface area contributed by atoms with Gasteiger partial charge in [0.05, 0.1) is 0 Å². The molecule has 0 saturated carbocycles. The second-order valence-corrected chi connectivity index (χ2v) is 7.38. The lowest BCUT2D eigenvalue weighted by Gasteiger charge is -2.30. The van der Waals surface area contributed by atoms with Crippen molar-refractivity contribution in [1.82, 2.24) is 9.80 Å². The van der Waals surface area contributed by atoms with Gasteiger partial charge in [-0.05, 0) is 55.2 Å². The van der Waals surface area contributed by atoms with E-state index in [1.54, 1.807) is 15.9 Å². The van der Waals surface area contributed by atoms with Crippen LogP contribution in [0.3, 0.4) is 0 Å². The van der Waals surface area contributed by atoms with Crippen LogP contribution < -0.4 is 4.74 Å². The van der Waals surface area contributed by atoms with Crippen molar-refractivity contribution in [2.45, 2.75) is 25.4 Å². The van der Waals surface area contributed by atoms with Gasteiger partial charge in [-0.3, -0.25) is 9.59 Å². The van der Waals surface area contributed by atoms with Crippen LogP contribution in [0.5, 0.6) is 5.75 Å². The molecule has 2 aromatic carbocycles. The van der Waals surface area contributed by atoms with Crippen LogP contribution in [0.15, 0.2) is 42.5 Å². The average molecular weight is 400 g/mol. The summed E-state index contributed by atoms with van der Waals surface area (Å²) in [7, 11) is 0. The number of amides is 2. The highest BCUT2D eigenvalue weighted by Gasteiger charge is 2.31. The third-order valence-electron chi connectivity index (χ3n) is 5.44.